The van der Waals surface area contributed by atoms with Crippen molar-refractivity contribution >= 4 is 11.9 Å². The molecule has 4 rings (SSSR count). The fraction of sp³-hybridized carbons (Fsp3) is 0.450. The summed E-state index contributed by atoms with van der Waals surface area (Å²) in [5.41, 5.74) is 0.898. The fourth-order valence-electron chi connectivity index (χ4n) is 3.61. The molecule has 8 heteroatoms. The number of nitrogens with zero attached hydrogens (tertiary/aromatic N) is 5. The maximum atomic E-state index is 13.1. The van der Waals surface area contributed by atoms with Gasteiger partial charge in [-0.2, -0.15) is 0 Å². The number of halogens is 1. The highest BCUT2D eigenvalue weighted by molar-refractivity contribution is 5.78. The third-order valence-corrected chi connectivity index (χ3v) is 5.23. The first-order valence-corrected chi connectivity index (χ1v) is 9.58. The minimum Gasteiger partial charge on any atom is -0.370 e. The van der Waals surface area contributed by atoms with Crippen molar-refractivity contribution in [1.29, 1.82) is 0 Å². The van der Waals surface area contributed by atoms with E-state index in [9.17, 15) is 9.18 Å². The van der Waals surface area contributed by atoms with Crippen molar-refractivity contribution in [1.82, 2.24) is 19.8 Å². The lowest BCUT2D eigenvalue weighted by Crippen LogP contribution is -2.52. The van der Waals surface area contributed by atoms with Crippen molar-refractivity contribution in [2.24, 2.45) is 0 Å². The standard InChI is InChI=1S/C20H24FN5O2/c21-17-4-2-16(3-5-17)18-14-26(12-13-28-18)19(27)15-24-8-10-25(11-9-24)20-22-6-1-7-23-20/h1-7,18H,8-15H2/t18-/m1/s1. The fourth-order valence-corrected chi connectivity index (χ4v) is 3.61. The van der Waals surface area contributed by atoms with Gasteiger partial charge < -0.3 is 14.5 Å². The number of carbonyl (C=O) groups excluding carboxylic acids is 1. The molecule has 2 aromatic rings. The maximum absolute atomic E-state index is 13.1. The van der Waals surface area contributed by atoms with Gasteiger partial charge in [-0.25, -0.2) is 14.4 Å². The van der Waals surface area contributed by atoms with E-state index in [1.807, 2.05) is 4.90 Å². The van der Waals surface area contributed by atoms with Crippen LogP contribution in [0.15, 0.2) is 42.7 Å². The minimum atomic E-state index is -0.271. The quantitative estimate of drug-likeness (QED) is 0.792. The number of ether oxygens (including phenoxy) is 1. The zero-order valence-electron chi connectivity index (χ0n) is 15.7. The lowest BCUT2D eigenvalue weighted by atomic mass is 10.1. The summed E-state index contributed by atoms with van der Waals surface area (Å²) in [6, 6.07) is 8.10. The van der Waals surface area contributed by atoms with Crippen LogP contribution in [0.4, 0.5) is 10.3 Å². The lowest BCUT2D eigenvalue weighted by Gasteiger charge is -2.37. The molecular formula is C20H24FN5O2. The molecule has 2 fully saturated rings. The number of piperazine rings is 1. The molecule has 148 valence electrons. The summed E-state index contributed by atoms with van der Waals surface area (Å²) in [6.07, 6.45) is 3.29. The highest BCUT2D eigenvalue weighted by Crippen LogP contribution is 2.22. The zero-order valence-corrected chi connectivity index (χ0v) is 15.7. The molecule has 0 radical (unpaired) electrons. The lowest BCUT2D eigenvalue weighted by molar-refractivity contribution is -0.140. The van der Waals surface area contributed by atoms with E-state index in [1.54, 1.807) is 30.6 Å². The molecule has 1 aromatic heterocycles. The van der Waals surface area contributed by atoms with Gasteiger partial charge in [0.1, 0.15) is 11.9 Å². The van der Waals surface area contributed by atoms with Crippen LogP contribution in [0.1, 0.15) is 11.7 Å². The monoisotopic (exact) mass is 385 g/mol. The maximum Gasteiger partial charge on any atom is 0.236 e. The molecule has 0 unspecified atom stereocenters. The molecule has 2 aliphatic rings. The molecule has 28 heavy (non-hydrogen) atoms. The summed E-state index contributed by atoms with van der Waals surface area (Å²) in [6.45, 7) is 5.20. The van der Waals surface area contributed by atoms with Crippen LogP contribution < -0.4 is 4.90 Å². The molecule has 0 bridgehead atoms. The summed E-state index contributed by atoms with van der Waals surface area (Å²) in [5.74, 6) is 0.580. The molecule has 1 amide bonds. The van der Waals surface area contributed by atoms with Gasteiger partial charge >= 0.3 is 0 Å². The first kappa shape index (κ1) is 18.8. The van der Waals surface area contributed by atoms with Crippen LogP contribution in [-0.4, -0.2) is 78.1 Å². The Labute approximate surface area is 163 Å². The predicted octanol–water partition coefficient (Wildman–Crippen LogP) is 1.34. The summed E-state index contributed by atoms with van der Waals surface area (Å²) in [4.78, 5) is 27.5. The number of hydrogen-bond acceptors (Lipinski definition) is 6. The van der Waals surface area contributed by atoms with Crippen LogP contribution in [-0.2, 0) is 9.53 Å². The van der Waals surface area contributed by atoms with Crippen LogP contribution in [0.5, 0.6) is 0 Å². The molecule has 0 N–H and O–H groups in total. The molecule has 2 aliphatic heterocycles. The molecule has 0 aliphatic carbocycles. The Morgan fingerprint density at radius 2 is 1.79 bits per heavy atom. The number of anilines is 1. The average molecular weight is 385 g/mol. The van der Waals surface area contributed by atoms with Gasteiger partial charge in [0.2, 0.25) is 11.9 Å². The van der Waals surface area contributed by atoms with Gasteiger partial charge in [-0.15, -0.1) is 0 Å². The van der Waals surface area contributed by atoms with Crippen LogP contribution in [0.2, 0.25) is 0 Å². The van der Waals surface area contributed by atoms with E-state index < -0.39 is 0 Å². The van der Waals surface area contributed by atoms with E-state index >= 15 is 0 Å². The third kappa shape index (κ3) is 4.45. The van der Waals surface area contributed by atoms with Gasteiger partial charge in [0.05, 0.1) is 19.7 Å². The largest absolute Gasteiger partial charge is 0.370 e. The average Bonchev–Trinajstić information content (AvgIpc) is 2.75. The van der Waals surface area contributed by atoms with Crippen molar-refractivity contribution < 1.29 is 13.9 Å². The second-order valence-electron chi connectivity index (χ2n) is 7.06. The minimum absolute atomic E-state index is 0.111. The zero-order chi connectivity index (χ0) is 19.3. The number of morpholine rings is 1. The van der Waals surface area contributed by atoms with Crippen molar-refractivity contribution in [2.75, 3.05) is 57.3 Å². The number of rotatable bonds is 4. The molecule has 0 saturated carbocycles. The van der Waals surface area contributed by atoms with E-state index in [0.717, 1.165) is 37.7 Å². The molecule has 1 aromatic carbocycles. The van der Waals surface area contributed by atoms with Crippen LogP contribution in [0.25, 0.3) is 0 Å². The van der Waals surface area contributed by atoms with E-state index in [1.165, 1.54) is 12.1 Å². The summed E-state index contributed by atoms with van der Waals surface area (Å²) in [7, 11) is 0. The predicted molar refractivity (Wildman–Crippen MR) is 102 cm³/mol. The SMILES string of the molecule is O=C(CN1CCN(c2ncccn2)CC1)N1CCO[C@@H](c2ccc(F)cc2)C1. The smallest absolute Gasteiger partial charge is 0.236 e. The van der Waals surface area contributed by atoms with Gasteiger partial charge in [0.15, 0.2) is 0 Å². The van der Waals surface area contributed by atoms with Gasteiger partial charge in [0.25, 0.3) is 0 Å². The number of hydrogen-bond donors (Lipinski definition) is 0. The highest BCUT2D eigenvalue weighted by Gasteiger charge is 2.27. The number of benzene rings is 1. The topological polar surface area (TPSA) is 61.8 Å². The van der Waals surface area contributed by atoms with Crippen LogP contribution in [0.3, 0.4) is 0 Å². The van der Waals surface area contributed by atoms with Gasteiger partial charge in [-0.05, 0) is 23.8 Å². The highest BCUT2D eigenvalue weighted by atomic mass is 19.1. The van der Waals surface area contributed by atoms with E-state index in [2.05, 4.69) is 19.8 Å². The molecule has 1 atom stereocenters. The Morgan fingerprint density at radius 1 is 1.07 bits per heavy atom. The Balaban J connectivity index is 1.28. The molecule has 0 spiro atoms. The van der Waals surface area contributed by atoms with Crippen molar-refractivity contribution in [3.8, 4) is 0 Å². The van der Waals surface area contributed by atoms with Gasteiger partial charge in [-0.1, -0.05) is 12.1 Å². The summed E-state index contributed by atoms with van der Waals surface area (Å²) < 4.78 is 18.9. The number of aromatic nitrogens is 2. The van der Waals surface area contributed by atoms with E-state index in [0.29, 0.717) is 26.2 Å². The van der Waals surface area contributed by atoms with Crippen LogP contribution >= 0.6 is 0 Å². The van der Waals surface area contributed by atoms with E-state index in [4.69, 9.17) is 4.74 Å². The Morgan fingerprint density at radius 3 is 2.50 bits per heavy atom. The van der Waals surface area contributed by atoms with Crippen molar-refractivity contribution in [3.05, 3.63) is 54.1 Å². The van der Waals surface area contributed by atoms with E-state index in [-0.39, 0.29) is 17.8 Å². The Kier molecular flexibility index (Phi) is 5.78. The Bertz CT molecular complexity index is 781. The second-order valence-corrected chi connectivity index (χ2v) is 7.06. The molecule has 7 nitrogen and oxygen atoms in total. The first-order valence-electron chi connectivity index (χ1n) is 9.58. The van der Waals surface area contributed by atoms with Crippen molar-refractivity contribution in [2.45, 2.75) is 6.10 Å². The number of carbonyl (C=O) groups is 1. The van der Waals surface area contributed by atoms with Crippen LogP contribution in [0, 0.1) is 5.82 Å². The summed E-state index contributed by atoms with van der Waals surface area (Å²) >= 11 is 0. The molecule has 2 saturated heterocycles. The normalized spacial score (nSPS) is 21.0. The molecular weight excluding hydrogens is 361 g/mol. The van der Waals surface area contributed by atoms with Crippen molar-refractivity contribution in [3.63, 3.8) is 0 Å². The van der Waals surface area contributed by atoms with Gasteiger partial charge in [0, 0.05) is 45.1 Å². The Hall–Kier alpha value is -2.58. The second kappa shape index (κ2) is 8.62. The summed E-state index contributed by atoms with van der Waals surface area (Å²) in [5, 5.41) is 0. The molecule has 3 heterocycles. The third-order valence-electron chi connectivity index (χ3n) is 5.23. The first-order chi connectivity index (χ1) is 13.7. The van der Waals surface area contributed by atoms with Gasteiger partial charge in [-0.3, -0.25) is 9.69 Å². The number of amides is 1.